The molecule has 0 fully saturated rings. The molecule has 0 N–H and O–H groups in total. The van der Waals surface area contributed by atoms with Gasteiger partial charge in [0.1, 0.15) is 17.6 Å². The lowest BCUT2D eigenvalue weighted by molar-refractivity contribution is 0.412. The lowest BCUT2D eigenvalue weighted by atomic mass is 9.99. The second-order valence-corrected chi connectivity index (χ2v) is 7.77. The first-order chi connectivity index (χ1) is 15.9. The van der Waals surface area contributed by atoms with Gasteiger partial charge in [-0.2, -0.15) is 0 Å². The average molecular weight is 446 g/mol. The molecular weight excluding hydrogens is 423 g/mol. The summed E-state index contributed by atoms with van der Waals surface area (Å²) >= 11 is 0. The number of nitroso groups, excluding NO2 is 1. The molecule has 2 heterocycles. The largest absolute Gasteiger partial charge is 0.495 e. The zero-order valence-electron chi connectivity index (χ0n) is 18.5. The van der Waals surface area contributed by atoms with Crippen molar-refractivity contribution in [2.45, 2.75) is 25.9 Å². The Morgan fingerprint density at radius 1 is 1.09 bits per heavy atom. The number of hydrogen-bond donors (Lipinski definition) is 0. The number of halogens is 1. The van der Waals surface area contributed by atoms with E-state index >= 15 is 0 Å². The van der Waals surface area contributed by atoms with Gasteiger partial charge < -0.3 is 13.9 Å². The molecule has 2 unspecified atom stereocenters. The molecule has 0 saturated heterocycles. The van der Waals surface area contributed by atoms with E-state index in [1.807, 2.05) is 24.6 Å². The maximum Gasteiger partial charge on any atom is 0.256 e. The summed E-state index contributed by atoms with van der Waals surface area (Å²) in [4.78, 5) is 29.5. The lowest BCUT2D eigenvalue weighted by Crippen LogP contribution is -2.27. The maximum atomic E-state index is 13.3. The fraction of sp³-hybridized carbons (Fsp3) is 0.200. The van der Waals surface area contributed by atoms with E-state index in [1.54, 1.807) is 55.0 Å². The van der Waals surface area contributed by atoms with E-state index in [0.29, 0.717) is 11.3 Å². The minimum Gasteiger partial charge on any atom is -0.495 e. The second-order valence-electron chi connectivity index (χ2n) is 7.77. The van der Waals surface area contributed by atoms with E-state index in [1.165, 1.54) is 23.8 Å². The third kappa shape index (κ3) is 4.32. The zero-order valence-corrected chi connectivity index (χ0v) is 18.5. The standard InChI is InChI=1S/C25H23FN4O3/c1-16-14-29(15-27-16)22-11-8-19(13-23(22)33-3)24(28-32)21-5-4-12-30(25(21)31)17(2)18-6-9-20(26)10-7-18/h4-15,17,24H,1-3H3. The molecule has 0 aliphatic heterocycles. The molecule has 33 heavy (non-hydrogen) atoms. The monoisotopic (exact) mass is 446 g/mol. The molecule has 4 rings (SSSR count). The quantitative estimate of drug-likeness (QED) is 0.376. The van der Waals surface area contributed by atoms with Crippen molar-refractivity contribution in [2.75, 3.05) is 7.11 Å². The number of aryl methyl sites for hydroxylation is 1. The molecule has 168 valence electrons. The molecule has 0 saturated carbocycles. The Labute approximate surface area is 190 Å². The summed E-state index contributed by atoms with van der Waals surface area (Å²) in [6.07, 6.45) is 5.18. The summed E-state index contributed by atoms with van der Waals surface area (Å²) in [6.45, 7) is 3.73. The number of hydrogen-bond acceptors (Lipinski definition) is 5. The van der Waals surface area contributed by atoms with Crippen LogP contribution in [0.3, 0.4) is 0 Å². The van der Waals surface area contributed by atoms with Gasteiger partial charge in [-0.1, -0.05) is 23.4 Å². The summed E-state index contributed by atoms with van der Waals surface area (Å²) in [6, 6.07) is 13.2. The highest BCUT2D eigenvalue weighted by Gasteiger charge is 2.22. The minimum absolute atomic E-state index is 0.245. The van der Waals surface area contributed by atoms with Crippen LogP contribution in [0.2, 0.25) is 0 Å². The van der Waals surface area contributed by atoms with Gasteiger partial charge in [0.05, 0.1) is 36.4 Å². The summed E-state index contributed by atoms with van der Waals surface area (Å²) in [5.74, 6) is 0.176. The minimum atomic E-state index is -1.02. The van der Waals surface area contributed by atoms with Crippen molar-refractivity contribution in [3.63, 3.8) is 0 Å². The molecule has 0 radical (unpaired) electrons. The van der Waals surface area contributed by atoms with Crippen molar-refractivity contribution in [3.8, 4) is 11.4 Å². The Balaban J connectivity index is 1.74. The highest BCUT2D eigenvalue weighted by atomic mass is 19.1. The van der Waals surface area contributed by atoms with E-state index in [9.17, 15) is 14.1 Å². The van der Waals surface area contributed by atoms with Gasteiger partial charge in [0.2, 0.25) is 0 Å². The van der Waals surface area contributed by atoms with Crippen LogP contribution in [-0.4, -0.2) is 21.2 Å². The predicted molar refractivity (Wildman–Crippen MR) is 123 cm³/mol. The Morgan fingerprint density at radius 3 is 2.45 bits per heavy atom. The third-order valence-electron chi connectivity index (χ3n) is 5.68. The fourth-order valence-corrected chi connectivity index (χ4v) is 3.87. The van der Waals surface area contributed by atoms with Gasteiger partial charge in [0, 0.05) is 12.4 Å². The number of ether oxygens (including phenoxy) is 1. The van der Waals surface area contributed by atoms with E-state index in [-0.39, 0.29) is 23.0 Å². The van der Waals surface area contributed by atoms with E-state index in [0.717, 1.165) is 16.9 Å². The van der Waals surface area contributed by atoms with E-state index in [4.69, 9.17) is 4.74 Å². The van der Waals surface area contributed by atoms with Crippen LogP contribution >= 0.6 is 0 Å². The number of imidazole rings is 1. The molecule has 0 bridgehead atoms. The summed E-state index contributed by atoms with van der Waals surface area (Å²) in [5, 5.41) is 3.27. The van der Waals surface area contributed by atoms with Crippen LogP contribution in [0.4, 0.5) is 4.39 Å². The maximum absolute atomic E-state index is 13.3. The number of methoxy groups -OCH3 is 1. The first-order valence-electron chi connectivity index (χ1n) is 10.4. The van der Waals surface area contributed by atoms with Crippen LogP contribution < -0.4 is 10.3 Å². The molecular formula is C25H23FN4O3. The number of benzene rings is 2. The van der Waals surface area contributed by atoms with Gasteiger partial charge in [0.25, 0.3) is 5.56 Å². The molecule has 0 aliphatic rings. The molecule has 2 aromatic carbocycles. The number of rotatable bonds is 7. The van der Waals surface area contributed by atoms with Crippen molar-refractivity contribution in [3.05, 3.63) is 117 Å². The van der Waals surface area contributed by atoms with Gasteiger partial charge in [-0.3, -0.25) is 4.79 Å². The Bertz CT molecular complexity index is 1340. The first kappa shape index (κ1) is 22.1. The number of pyridine rings is 1. The summed E-state index contributed by atoms with van der Waals surface area (Å²) in [5.41, 5.74) is 2.82. The van der Waals surface area contributed by atoms with E-state index < -0.39 is 6.04 Å². The first-order valence-corrected chi connectivity index (χ1v) is 10.4. The third-order valence-corrected chi connectivity index (χ3v) is 5.68. The molecule has 0 spiro atoms. The van der Waals surface area contributed by atoms with E-state index in [2.05, 4.69) is 10.2 Å². The average Bonchev–Trinajstić information content (AvgIpc) is 3.26. The molecule has 2 aromatic heterocycles. The van der Waals surface area contributed by atoms with Crippen LogP contribution in [0.25, 0.3) is 5.69 Å². The fourth-order valence-electron chi connectivity index (χ4n) is 3.87. The van der Waals surface area contributed by atoms with Crippen LogP contribution in [0, 0.1) is 17.6 Å². The van der Waals surface area contributed by atoms with Gasteiger partial charge in [0.15, 0.2) is 0 Å². The number of aromatic nitrogens is 3. The van der Waals surface area contributed by atoms with Crippen molar-refractivity contribution >= 4 is 0 Å². The SMILES string of the molecule is COc1cc(C(N=O)c2cccn(C(C)c3ccc(F)cc3)c2=O)ccc1-n1cnc(C)c1. The summed E-state index contributed by atoms with van der Waals surface area (Å²) < 4.78 is 22.2. The van der Waals surface area contributed by atoms with Crippen molar-refractivity contribution < 1.29 is 9.13 Å². The summed E-state index contributed by atoms with van der Waals surface area (Å²) in [7, 11) is 1.54. The van der Waals surface area contributed by atoms with Crippen LogP contribution in [0.5, 0.6) is 5.75 Å². The molecule has 2 atom stereocenters. The van der Waals surface area contributed by atoms with Gasteiger partial charge in [-0.25, -0.2) is 9.37 Å². The van der Waals surface area contributed by atoms with Crippen LogP contribution in [-0.2, 0) is 0 Å². The van der Waals surface area contributed by atoms with Crippen molar-refractivity contribution in [1.29, 1.82) is 0 Å². The number of nitrogens with zero attached hydrogens (tertiary/aromatic N) is 4. The van der Waals surface area contributed by atoms with Crippen LogP contribution in [0.15, 0.2) is 83.3 Å². The van der Waals surface area contributed by atoms with Crippen LogP contribution in [0.1, 0.15) is 41.4 Å². The van der Waals surface area contributed by atoms with Gasteiger partial charge in [-0.15, -0.1) is 4.91 Å². The second kappa shape index (κ2) is 9.20. The highest BCUT2D eigenvalue weighted by molar-refractivity contribution is 5.51. The zero-order chi connectivity index (χ0) is 23.5. The topological polar surface area (TPSA) is 78.5 Å². The van der Waals surface area contributed by atoms with Gasteiger partial charge in [-0.05, 0) is 61.4 Å². The normalized spacial score (nSPS) is 12.8. The predicted octanol–water partition coefficient (Wildman–Crippen LogP) is 4.96. The Morgan fingerprint density at radius 2 is 1.82 bits per heavy atom. The smallest absolute Gasteiger partial charge is 0.256 e. The Hall–Kier alpha value is -4.07. The molecule has 0 amide bonds. The van der Waals surface area contributed by atoms with Gasteiger partial charge >= 0.3 is 0 Å². The lowest BCUT2D eigenvalue weighted by Gasteiger charge is -2.19. The van der Waals surface area contributed by atoms with Crippen molar-refractivity contribution in [2.24, 2.45) is 5.18 Å². The highest BCUT2D eigenvalue weighted by Crippen LogP contribution is 2.31. The van der Waals surface area contributed by atoms with Crippen molar-refractivity contribution in [1.82, 2.24) is 14.1 Å². The Kier molecular flexibility index (Phi) is 6.17. The molecule has 8 heteroatoms. The molecule has 4 aromatic rings. The molecule has 7 nitrogen and oxygen atoms in total. The molecule has 0 aliphatic carbocycles.